The van der Waals surface area contributed by atoms with E-state index >= 15 is 0 Å². The van der Waals surface area contributed by atoms with Crippen molar-refractivity contribution in [2.75, 3.05) is 40.8 Å². The van der Waals surface area contributed by atoms with Crippen LogP contribution in [0.5, 0.6) is 0 Å². The van der Waals surface area contributed by atoms with E-state index in [1.807, 2.05) is 0 Å². The van der Waals surface area contributed by atoms with Crippen LogP contribution < -0.4 is 5.73 Å². The number of nitrogens with zero attached hydrogens (tertiary/aromatic N) is 2. The van der Waals surface area contributed by atoms with Gasteiger partial charge in [0.05, 0.1) is 0 Å². The molecule has 0 bridgehead atoms. The molecule has 1 aromatic rings. The summed E-state index contributed by atoms with van der Waals surface area (Å²) in [7, 11) is 6.43. The average molecular weight is 263 g/mol. The molecule has 0 spiro atoms. The van der Waals surface area contributed by atoms with E-state index in [1.165, 1.54) is 12.0 Å². The minimum absolute atomic E-state index is 0.488. The van der Waals surface area contributed by atoms with Gasteiger partial charge in [-0.2, -0.15) is 0 Å². The van der Waals surface area contributed by atoms with Crippen LogP contribution in [0, 0.1) is 0 Å². The highest BCUT2D eigenvalue weighted by atomic mass is 15.1. The first kappa shape index (κ1) is 16.2. The second-order valence-electron chi connectivity index (χ2n) is 5.55. The third-order valence-electron chi connectivity index (χ3n) is 3.62. The summed E-state index contributed by atoms with van der Waals surface area (Å²) < 4.78 is 0. The summed E-state index contributed by atoms with van der Waals surface area (Å²) in [5.41, 5.74) is 7.32. The van der Waals surface area contributed by atoms with E-state index in [0.29, 0.717) is 6.04 Å². The van der Waals surface area contributed by atoms with Crippen molar-refractivity contribution < 1.29 is 0 Å². The standard InChI is InChI=1S/C16H29N3/c1-18(2)12-7-13-19(3)16(14-17)11-10-15-8-5-4-6-9-15/h4-6,8-9,16H,7,10-14,17H2,1-3H3. The van der Waals surface area contributed by atoms with Crippen LogP contribution in [0.3, 0.4) is 0 Å². The molecule has 0 aliphatic heterocycles. The van der Waals surface area contributed by atoms with Crippen LogP contribution in [-0.2, 0) is 6.42 Å². The number of aryl methyl sites for hydroxylation is 1. The van der Waals surface area contributed by atoms with Gasteiger partial charge < -0.3 is 15.5 Å². The maximum absolute atomic E-state index is 5.92. The van der Waals surface area contributed by atoms with E-state index in [1.54, 1.807) is 0 Å². The Morgan fingerprint density at radius 3 is 2.32 bits per heavy atom. The molecule has 1 atom stereocenters. The van der Waals surface area contributed by atoms with E-state index in [9.17, 15) is 0 Å². The fourth-order valence-electron chi connectivity index (χ4n) is 2.32. The van der Waals surface area contributed by atoms with Gasteiger partial charge >= 0.3 is 0 Å². The normalized spacial score (nSPS) is 13.2. The molecule has 2 N–H and O–H groups in total. The van der Waals surface area contributed by atoms with Crippen molar-refractivity contribution in [2.24, 2.45) is 5.73 Å². The SMILES string of the molecule is CN(C)CCCN(C)C(CN)CCc1ccccc1. The third kappa shape index (κ3) is 6.71. The van der Waals surface area contributed by atoms with E-state index in [0.717, 1.165) is 32.5 Å². The lowest BCUT2D eigenvalue weighted by Gasteiger charge is -2.27. The van der Waals surface area contributed by atoms with E-state index in [-0.39, 0.29) is 0 Å². The molecule has 3 heteroatoms. The molecule has 1 rings (SSSR count). The lowest BCUT2D eigenvalue weighted by Crippen LogP contribution is -2.39. The van der Waals surface area contributed by atoms with Crippen LogP contribution in [0.25, 0.3) is 0 Å². The Bertz CT molecular complexity index is 324. The Morgan fingerprint density at radius 1 is 1.05 bits per heavy atom. The maximum atomic E-state index is 5.92. The molecule has 0 aliphatic carbocycles. The van der Waals surface area contributed by atoms with Crippen molar-refractivity contribution in [3.8, 4) is 0 Å². The topological polar surface area (TPSA) is 32.5 Å². The Hall–Kier alpha value is -0.900. The molecular weight excluding hydrogens is 234 g/mol. The molecule has 1 aromatic carbocycles. The zero-order valence-corrected chi connectivity index (χ0v) is 12.7. The van der Waals surface area contributed by atoms with Gasteiger partial charge in [0.2, 0.25) is 0 Å². The smallest absolute Gasteiger partial charge is 0.0218 e. The summed E-state index contributed by atoms with van der Waals surface area (Å²) in [5, 5.41) is 0. The lowest BCUT2D eigenvalue weighted by atomic mass is 10.0. The Morgan fingerprint density at radius 2 is 1.74 bits per heavy atom. The maximum Gasteiger partial charge on any atom is 0.0218 e. The van der Waals surface area contributed by atoms with Gasteiger partial charge in [0, 0.05) is 12.6 Å². The van der Waals surface area contributed by atoms with Gasteiger partial charge in [0.25, 0.3) is 0 Å². The first-order chi connectivity index (χ1) is 9.13. The lowest BCUT2D eigenvalue weighted by molar-refractivity contribution is 0.223. The van der Waals surface area contributed by atoms with Crippen molar-refractivity contribution in [1.82, 2.24) is 9.80 Å². The van der Waals surface area contributed by atoms with Crippen molar-refractivity contribution >= 4 is 0 Å². The average Bonchev–Trinajstić information content (AvgIpc) is 2.40. The molecule has 0 saturated heterocycles. The highest BCUT2D eigenvalue weighted by Crippen LogP contribution is 2.08. The van der Waals surface area contributed by atoms with E-state index in [2.05, 4.69) is 61.3 Å². The zero-order valence-electron chi connectivity index (χ0n) is 12.7. The molecule has 108 valence electrons. The minimum atomic E-state index is 0.488. The summed E-state index contributed by atoms with van der Waals surface area (Å²) in [6.07, 6.45) is 3.45. The van der Waals surface area contributed by atoms with Crippen LogP contribution in [-0.4, -0.2) is 56.6 Å². The molecule has 0 aliphatic rings. The predicted octanol–water partition coefficient (Wildman–Crippen LogP) is 1.83. The molecule has 0 fully saturated rings. The number of hydrogen-bond donors (Lipinski definition) is 1. The summed E-state index contributed by atoms with van der Waals surface area (Å²) >= 11 is 0. The van der Waals surface area contributed by atoms with Crippen LogP contribution in [0.15, 0.2) is 30.3 Å². The largest absolute Gasteiger partial charge is 0.329 e. The highest BCUT2D eigenvalue weighted by molar-refractivity contribution is 5.14. The number of nitrogens with two attached hydrogens (primary N) is 1. The summed E-state index contributed by atoms with van der Waals surface area (Å²) in [6, 6.07) is 11.2. The summed E-state index contributed by atoms with van der Waals surface area (Å²) in [4.78, 5) is 4.64. The molecule has 0 radical (unpaired) electrons. The number of likely N-dealkylation sites (N-methyl/N-ethyl adjacent to an activating group) is 1. The Kier molecular flexibility index (Phi) is 7.72. The van der Waals surface area contributed by atoms with Crippen molar-refractivity contribution in [3.63, 3.8) is 0 Å². The van der Waals surface area contributed by atoms with Gasteiger partial charge in [-0.05, 0) is 59.1 Å². The molecule has 0 saturated carbocycles. The highest BCUT2D eigenvalue weighted by Gasteiger charge is 2.12. The van der Waals surface area contributed by atoms with Crippen LogP contribution in [0.4, 0.5) is 0 Å². The van der Waals surface area contributed by atoms with E-state index in [4.69, 9.17) is 5.73 Å². The molecule has 0 aromatic heterocycles. The Labute approximate surface area is 118 Å². The van der Waals surface area contributed by atoms with Crippen LogP contribution in [0.1, 0.15) is 18.4 Å². The number of benzene rings is 1. The quantitative estimate of drug-likeness (QED) is 0.738. The van der Waals surface area contributed by atoms with Gasteiger partial charge in [-0.3, -0.25) is 0 Å². The van der Waals surface area contributed by atoms with Crippen LogP contribution in [0.2, 0.25) is 0 Å². The number of hydrogen-bond acceptors (Lipinski definition) is 3. The van der Waals surface area contributed by atoms with Gasteiger partial charge in [-0.15, -0.1) is 0 Å². The third-order valence-corrected chi connectivity index (χ3v) is 3.62. The summed E-state index contributed by atoms with van der Waals surface area (Å²) in [6.45, 7) is 3.00. The second-order valence-corrected chi connectivity index (χ2v) is 5.55. The van der Waals surface area contributed by atoms with Gasteiger partial charge in [0.1, 0.15) is 0 Å². The zero-order chi connectivity index (χ0) is 14.1. The first-order valence-corrected chi connectivity index (χ1v) is 7.22. The molecule has 0 heterocycles. The summed E-state index contributed by atoms with van der Waals surface area (Å²) in [5.74, 6) is 0. The van der Waals surface area contributed by atoms with Crippen LogP contribution >= 0.6 is 0 Å². The molecular formula is C16H29N3. The first-order valence-electron chi connectivity index (χ1n) is 7.22. The minimum Gasteiger partial charge on any atom is -0.329 e. The molecule has 0 amide bonds. The van der Waals surface area contributed by atoms with Gasteiger partial charge in [-0.1, -0.05) is 30.3 Å². The van der Waals surface area contributed by atoms with Gasteiger partial charge in [0.15, 0.2) is 0 Å². The number of rotatable bonds is 9. The fraction of sp³-hybridized carbons (Fsp3) is 0.625. The predicted molar refractivity (Wildman–Crippen MR) is 83.4 cm³/mol. The molecule has 1 unspecified atom stereocenters. The molecule has 19 heavy (non-hydrogen) atoms. The van der Waals surface area contributed by atoms with E-state index < -0.39 is 0 Å². The van der Waals surface area contributed by atoms with Crippen molar-refractivity contribution in [1.29, 1.82) is 0 Å². The van der Waals surface area contributed by atoms with Crippen molar-refractivity contribution in [3.05, 3.63) is 35.9 Å². The second kappa shape index (κ2) is 9.08. The molecule has 3 nitrogen and oxygen atoms in total. The van der Waals surface area contributed by atoms with Gasteiger partial charge in [-0.25, -0.2) is 0 Å². The Balaban J connectivity index is 2.31. The van der Waals surface area contributed by atoms with Crippen molar-refractivity contribution in [2.45, 2.75) is 25.3 Å². The monoisotopic (exact) mass is 263 g/mol. The fourth-order valence-corrected chi connectivity index (χ4v) is 2.32.